The summed E-state index contributed by atoms with van der Waals surface area (Å²) in [6.07, 6.45) is 1.24. The SMILES string of the molecule is CCCC(=O)Nc1nn(COCC[Si](C)(C)C)c2cc(-c3cc(Cl)cc(Cl)c3)ccc12. The number of rotatable bonds is 9. The van der Waals surface area contributed by atoms with Crippen molar-refractivity contribution < 1.29 is 9.53 Å². The molecule has 166 valence electrons. The van der Waals surface area contributed by atoms with Gasteiger partial charge < -0.3 is 10.1 Å². The Morgan fingerprint density at radius 1 is 1.10 bits per heavy atom. The standard InChI is InChI=1S/C23H29Cl2N3O2Si/c1-5-6-22(29)26-23-20-8-7-16(17-11-18(24)14-19(25)12-17)13-21(20)28(27-23)15-30-9-10-31(2,3)4/h7-8,11-14H,5-6,9-10,15H2,1-4H3,(H,26,27,29). The number of amides is 1. The molecule has 0 saturated heterocycles. The molecule has 0 unspecified atom stereocenters. The lowest BCUT2D eigenvalue weighted by atomic mass is 10.0. The van der Waals surface area contributed by atoms with Gasteiger partial charge in [-0.3, -0.25) is 4.79 Å². The van der Waals surface area contributed by atoms with E-state index in [0.717, 1.165) is 34.5 Å². The van der Waals surface area contributed by atoms with E-state index >= 15 is 0 Å². The molecule has 1 heterocycles. The quantitative estimate of drug-likeness (QED) is 0.265. The van der Waals surface area contributed by atoms with Crippen molar-refractivity contribution in [3.8, 4) is 11.1 Å². The van der Waals surface area contributed by atoms with E-state index in [-0.39, 0.29) is 5.91 Å². The van der Waals surface area contributed by atoms with Crippen LogP contribution in [0.2, 0.25) is 35.7 Å². The van der Waals surface area contributed by atoms with Gasteiger partial charge in [-0.1, -0.05) is 55.8 Å². The van der Waals surface area contributed by atoms with Crippen LogP contribution in [-0.2, 0) is 16.3 Å². The monoisotopic (exact) mass is 477 g/mol. The van der Waals surface area contributed by atoms with Gasteiger partial charge in [0.05, 0.1) is 5.52 Å². The summed E-state index contributed by atoms with van der Waals surface area (Å²) in [5, 5.41) is 9.60. The second-order valence-electron chi connectivity index (χ2n) is 8.88. The first-order valence-electron chi connectivity index (χ1n) is 10.5. The zero-order chi connectivity index (χ0) is 22.6. The predicted molar refractivity (Wildman–Crippen MR) is 133 cm³/mol. The summed E-state index contributed by atoms with van der Waals surface area (Å²) in [4.78, 5) is 12.2. The molecule has 0 aliphatic carbocycles. The number of carbonyl (C=O) groups excluding carboxylic acids is 1. The molecular weight excluding hydrogens is 449 g/mol. The summed E-state index contributed by atoms with van der Waals surface area (Å²) in [5.74, 6) is 0.511. The summed E-state index contributed by atoms with van der Waals surface area (Å²) < 4.78 is 7.74. The van der Waals surface area contributed by atoms with Crippen LogP contribution in [0.1, 0.15) is 19.8 Å². The van der Waals surface area contributed by atoms with Gasteiger partial charge in [0, 0.05) is 36.5 Å². The molecule has 2 aromatic carbocycles. The van der Waals surface area contributed by atoms with Gasteiger partial charge in [0.1, 0.15) is 6.73 Å². The van der Waals surface area contributed by atoms with E-state index in [1.54, 1.807) is 10.7 Å². The van der Waals surface area contributed by atoms with Crippen molar-refractivity contribution in [2.45, 2.75) is 52.2 Å². The molecule has 1 aromatic heterocycles. The van der Waals surface area contributed by atoms with Crippen LogP contribution in [0.3, 0.4) is 0 Å². The van der Waals surface area contributed by atoms with Gasteiger partial charge in [-0.15, -0.1) is 0 Å². The highest BCUT2D eigenvalue weighted by Crippen LogP contribution is 2.32. The number of fused-ring (bicyclic) bond motifs is 1. The lowest BCUT2D eigenvalue weighted by molar-refractivity contribution is -0.116. The third kappa shape index (κ3) is 6.56. The fourth-order valence-electron chi connectivity index (χ4n) is 3.22. The zero-order valence-electron chi connectivity index (χ0n) is 18.5. The van der Waals surface area contributed by atoms with Crippen molar-refractivity contribution in [3.63, 3.8) is 0 Å². The predicted octanol–water partition coefficient (Wildman–Crippen LogP) is 7.06. The van der Waals surface area contributed by atoms with E-state index in [9.17, 15) is 4.79 Å². The van der Waals surface area contributed by atoms with E-state index in [4.69, 9.17) is 27.9 Å². The number of nitrogens with zero attached hydrogens (tertiary/aromatic N) is 2. The lowest BCUT2D eigenvalue weighted by Gasteiger charge is -2.15. The van der Waals surface area contributed by atoms with Crippen LogP contribution in [0.4, 0.5) is 5.82 Å². The minimum absolute atomic E-state index is 0.0422. The molecule has 0 fully saturated rings. The van der Waals surface area contributed by atoms with Crippen molar-refractivity contribution in [1.29, 1.82) is 0 Å². The van der Waals surface area contributed by atoms with Gasteiger partial charge in [-0.05, 0) is 53.9 Å². The van der Waals surface area contributed by atoms with Crippen LogP contribution < -0.4 is 5.32 Å². The molecule has 0 saturated carbocycles. The average molecular weight is 478 g/mol. The first-order chi connectivity index (χ1) is 14.7. The summed E-state index contributed by atoms with van der Waals surface area (Å²) in [6.45, 7) is 9.96. The van der Waals surface area contributed by atoms with E-state index in [1.165, 1.54) is 0 Å². The molecule has 5 nitrogen and oxygen atoms in total. The number of carbonyl (C=O) groups is 1. The molecule has 1 amide bonds. The molecule has 8 heteroatoms. The van der Waals surface area contributed by atoms with Gasteiger partial charge in [0.15, 0.2) is 5.82 Å². The first kappa shape index (κ1) is 23.8. The third-order valence-electron chi connectivity index (χ3n) is 4.89. The molecule has 1 N–H and O–H groups in total. The van der Waals surface area contributed by atoms with Crippen molar-refractivity contribution in [2.24, 2.45) is 0 Å². The van der Waals surface area contributed by atoms with Gasteiger partial charge in [-0.2, -0.15) is 5.10 Å². The molecular formula is C23H29Cl2N3O2Si. The van der Waals surface area contributed by atoms with Crippen molar-refractivity contribution in [3.05, 3.63) is 46.4 Å². The normalized spacial score (nSPS) is 11.8. The number of benzene rings is 2. The van der Waals surface area contributed by atoms with Gasteiger partial charge in [0.2, 0.25) is 5.91 Å². The second-order valence-corrected chi connectivity index (χ2v) is 15.4. The summed E-state index contributed by atoms with van der Waals surface area (Å²) >= 11 is 12.4. The smallest absolute Gasteiger partial charge is 0.225 e. The highest BCUT2D eigenvalue weighted by Gasteiger charge is 2.16. The Hall–Kier alpha value is -1.86. The fraction of sp³-hybridized carbons (Fsp3) is 0.391. The largest absolute Gasteiger partial charge is 0.360 e. The minimum atomic E-state index is -1.18. The summed E-state index contributed by atoms with van der Waals surface area (Å²) in [5.41, 5.74) is 2.77. The highest BCUT2D eigenvalue weighted by molar-refractivity contribution is 6.76. The van der Waals surface area contributed by atoms with Crippen LogP contribution in [0, 0.1) is 0 Å². The van der Waals surface area contributed by atoms with Crippen LogP contribution >= 0.6 is 23.2 Å². The highest BCUT2D eigenvalue weighted by atomic mass is 35.5. The Balaban J connectivity index is 1.95. The molecule has 31 heavy (non-hydrogen) atoms. The van der Waals surface area contributed by atoms with Gasteiger partial charge in [-0.25, -0.2) is 4.68 Å². The Kier molecular flexibility index (Phi) is 7.81. The van der Waals surface area contributed by atoms with Gasteiger partial charge >= 0.3 is 0 Å². The zero-order valence-corrected chi connectivity index (χ0v) is 21.0. The van der Waals surface area contributed by atoms with Crippen LogP contribution in [-0.4, -0.2) is 30.4 Å². The number of anilines is 1. The minimum Gasteiger partial charge on any atom is -0.360 e. The van der Waals surface area contributed by atoms with Crippen LogP contribution in [0.25, 0.3) is 22.0 Å². The van der Waals surface area contributed by atoms with E-state index in [2.05, 4.69) is 30.1 Å². The maximum absolute atomic E-state index is 12.2. The molecule has 0 aliphatic heterocycles. The molecule has 3 rings (SSSR count). The number of aromatic nitrogens is 2. The number of nitrogens with one attached hydrogen (secondary N) is 1. The Bertz CT molecular complexity index is 1060. The summed E-state index contributed by atoms with van der Waals surface area (Å²) in [6, 6.07) is 12.5. The molecule has 3 aromatic rings. The van der Waals surface area contributed by atoms with Crippen molar-refractivity contribution in [2.75, 3.05) is 11.9 Å². The summed E-state index contributed by atoms with van der Waals surface area (Å²) in [7, 11) is -1.18. The first-order valence-corrected chi connectivity index (χ1v) is 15.0. The lowest BCUT2D eigenvalue weighted by Crippen LogP contribution is -2.22. The van der Waals surface area contributed by atoms with Crippen molar-refractivity contribution >= 4 is 53.9 Å². The molecule has 0 spiro atoms. The molecule has 0 aliphatic rings. The topological polar surface area (TPSA) is 56.2 Å². The molecule has 0 atom stereocenters. The maximum atomic E-state index is 12.2. The average Bonchev–Trinajstić information content (AvgIpc) is 3.00. The Morgan fingerprint density at radius 2 is 1.81 bits per heavy atom. The Morgan fingerprint density at radius 3 is 2.45 bits per heavy atom. The van der Waals surface area contributed by atoms with Crippen molar-refractivity contribution in [1.82, 2.24) is 9.78 Å². The number of hydrogen-bond acceptors (Lipinski definition) is 3. The molecule has 0 radical (unpaired) electrons. The number of ether oxygens (including phenoxy) is 1. The van der Waals surface area contributed by atoms with E-state index in [1.807, 2.05) is 37.3 Å². The van der Waals surface area contributed by atoms with E-state index in [0.29, 0.717) is 35.6 Å². The van der Waals surface area contributed by atoms with E-state index < -0.39 is 8.07 Å². The van der Waals surface area contributed by atoms with Crippen LogP contribution in [0.5, 0.6) is 0 Å². The maximum Gasteiger partial charge on any atom is 0.225 e. The fourth-order valence-corrected chi connectivity index (χ4v) is 4.50. The molecule has 0 bridgehead atoms. The Labute approximate surface area is 194 Å². The van der Waals surface area contributed by atoms with Crippen LogP contribution in [0.15, 0.2) is 36.4 Å². The number of halogens is 2. The third-order valence-corrected chi connectivity index (χ3v) is 7.03. The van der Waals surface area contributed by atoms with Gasteiger partial charge in [0.25, 0.3) is 0 Å². The second kappa shape index (κ2) is 10.2. The number of hydrogen-bond donors (Lipinski definition) is 1.